The fourth-order valence-electron chi connectivity index (χ4n) is 4.50. The number of anilines is 2. The summed E-state index contributed by atoms with van der Waals surface area (Å²) in [5.41, 5.74) is 9.80. The minimum atomic E-state index is 0.858. The molecule has 3 aromatic carbocycles. The number of amidine groups is 2. The van der Waals surface area contributed by atoms with Gasteiger partial charge >= 0.3 is 0 Å². The summed E-state index contributed by atoms with van der Waals surface area (Å²) in [6.45, 7) is 3.59. The molecule has 6 rings (SSSR count). The van der Waals surface area contributed by atoms with Crippen LogP contribution in [0.2, 0.25) is 0 Å². The molecule has 0 spiro atoms. The first-order valence-electron chi connectivity index (χ1n) is 11.2. The van der Waals surface area contributed by atoms with Crippen LogP contribution >= 0.6 is 0 Å². The molecule has 0 radical (unpaired) electrons. The fraction of sp³-hybridized carbons (Fsp3) is 0.185. The van der Waals surface area contributed by atoms with Crippen LogP contribution in [0.3, 0.4) is 0 Å². The van der Waals surface area contributed by atoms with Gasteiger partial charge in [-0.15, -0.1) is 0 Å². The van der Waals surface area contributed by atoms with Crippen molar-refractivity contribution in [2.75, 3.05) is 31.5 Å². The number of nitrogens with one attached hydrogen (secondary N) is 3. The first-order valence-corrected chi connectivity index (χ1v) is 11.2. The van der Waals surface area contributed by atoms with E-state index < -0.39 is 0 Å². The highest BCUT2D eigenvalue weighted by Crippen LogP contribution is 2.33. The number of allylic oxidation sites excluding steroid dienone is 1. The molecule has 0 saturated carbocycles. The summed E-state index contributed by atoms with van der Waals surface area (Å²) in [6.07, 6.45) is 3.27. The van der Waals surface area contributed by atoms with Crippen molar-refractivity contribution in [3.8, 4) is 0 Å². The first kappa shape index (κ1) is 18.9. The van der Waals surface area contributed by atoms with Crippen LogP contribution in [0.5, 0.6) is 0 Å². The van der Waals surface area contributed by atoms with Gasteiger partial charge < -0.3 is 16.0 Å². The molecule has 5 heteroatoms. The third-order valence-electron chi connectivity index (χ3n) is 6.18. The van der Waals surface area contributed by atoms with Crippen LogP contribution in [0.1, 0.15) is 27.8 Å². The number of hydrogen-bond donors (Lipinski definition) is 3. The summed E-state index contributed by atoms with van der Waals surface area (Å²) in [7, 11) is 0. The van der Waals surface area contributed by atoms with E-state index in [1.165, 1.54) is 27.8 Å². The molecule has 158 valence electrons. The number of aliphatic imine (C=N–C) groups is 2. The van der Waals surface area contributed by atoms with E-state index in [4.69, 9.17) is 0 Å². The summed E-state index contributed by atoms with van der Waals surface area (Å²) in [4.78, 5) is 9.03. The summed E-state index contributed by atoms with van der Waals surface area (Å²) < 4.78 is 0. The fourth-order valence-corrected chi connectivity index (χ4v) is 4.50. The van der Waals surface area contributed by atoms with Crippen molar-refractivity contribution in [3.05, 3.63) is 94.5 Å². The zero-order chi connectivity index (χ0) is 21.3. The van der Waals surface area contributed by atoms with Crippen LogP contribution in [-0.2, 0) is 6.42 Å². The van der Waals surface area contributed by atoms with E-state index in [1.807, 2.05) is 0 Å². The number of hydrogen-bond acceptors (Lipinski definition) is 5. The lowest BCUT2D eigenvalue weighted by atomic mass is 10.0. The molecular weight excluding hydrogens is 394 g/mol. The number of fused-ring (bicyclic) bond motifs is 1. The molecule has 0 unspecified atom stereocenters. The Bertz CT molecular complexity index is 1250. The molecule has 0 amide bonds. The Kier molecular flexibility index (Phi) is 4.72. The molecule has 2 aliphatic heterocycles. The SMILES string of the molecule is C1=C(c2ccc(Nc3ccc(C4=NCCN4)cc3)cc2)Cc2cc(C3=NCCN3)ccc21. The average molecular weight is 420 g/mol. The van der Waals surface area contributed by atoms with E-state index in [0.29, 0.717) is 0 Å². The summed E-state index contributed by atoms with van der Waals surface area (Å²) >= 11 is 0. The lowest BCUT2D eigenvalue weighted by Gasteiger charge is -2.10. The minimum absolute atomic E-state index is 0.858. The summed E-state index contributed by atoms with van der Waals surface area (Å²) in [5, 5.41) is 10.2. The largest absolute Gasteiger partial charge is 0.368 e. The van der Waals surface area contributed by atoms with Crippen LogP contribution in [0.15, 0.2) is 76.7 Å². The maximum Gasteiger partial charge on any atom is 0.128 e. The Labute approximate surface area is 188 Å². The molecule has 0 bridgehead atoms. The standard InChI is InChI=1S/C27H25N5/c1-2-21(27-30-13-14-31-27)16-23-17-22(15-20(1)23)18-3-7-24(8-4-18)32-25-9-5-19(6-10-25)26-28-11-12-29-26/h1-10,15-16,32H,11-14,17H2,(H,28,29)(H,30,31). The van der Waals surface area contributed by atoms with Crippen LogP contribution in [0, 0.1) is 0 Å². The molecule has 0 aromatic heterocycles. The van der Waals surface area contributed by atoms with E-state index in [0.717, 1.165) is 61.2 Å². The Morgan fingerprint density at radius 3 is 1.88 bits per heavy atom. The third-order valence-corrected chi connectivity index (χ3v) is 6.18. The van der Waals surface area contributed by atoms with Gasteiger partial charge in [0.05, 0.1) is 13.1 Å². The first-order chi connectivity index (χ1) is 15.8. The minimum Gasteiger partial charge on any atom is -0.368 e. The molecule has 1 aliphatic carbocycles. The molecule has 3 aliphatic rings. The van der Waals surface area contributed by atoms with Gasteiger partial charge in [-0.25, -0.2) is 0 Å². The van der Waals surface area contributed by atoms with Crippen molar-refractivity contribution in [2.24, 2.45) is 9.98 Å². The van der Waals surface area contributed by atoms with Crippen LogP contribution in [0.4, 0.5) is 11.4 Å². The second-order valence-electron chi connectivity index (χ2n) is 8.35. The molecule has 3 N–H and O–H groups in total. The smallest absolute Gasteiger partial charge is 0.128 e. The molecule has 5 nitrogen and oxygen atoms in total. The van der Waals surface area contributed by atoms with Crippen molar-refractivity contribution in [2.45, 2.75) is 6.42 Å². The van der Waals surface area contributed by atoms with Gasteiger partial charge in [0.25, 0.3) is 0 Å². The van der Waals surface area contributed by atoms with Gasteiger partial charge in [-0.2, -0.15) is 0 Å². The maximum absolute atomic E-state index is 4.55. The quantitative estimate of drug-likeness (QED) is 0.580. The molecule has 32 heavy (non-hydrogen) atoms. The average Bonchev–Trinajstić information content (AvgIpc) is 3.61. The van der Waals surface area contributed by atoms with E-state index in [2.05, 4.69) is 98.7 Å². The van der Waals surface area contributed by atoms with Crippen molar-refractivity contribution in [1.29, 1.82) is 0 Å². The second-order valence-corrected chi connectivity index (χ2v) is 8.35. The molecular formula is C27H25N5. The Hall–Kier alpha value is -3.86. The van der Waals surface area contributed by atoms with Gasteiger partial charge in [0.15, 0.2) is 0 Å². The zero-order valence-corrected chi connectivity index (χ0v) is 17.9. The van der Waals surface area contributed by atoms with Gasteiger partial charge in [-0.05, 0) is 71.1 Å². The van der Waals surface area contributed by atoms with Crippen molar-refractivity contribution < 1.29 is 0 Å². The lowest BCUT2D eigenvalue weighted by molar-refractivity contribution is 0.960. The molecule has 2 heterocycles. The van der Waals surface area contributed by atoms with Crippen LogP contribution in [-0.4, -0.2) is 37.9 Å². The highest BCUT2D eigenvalue weighted by atomic mass is 15.1. The van der Waals surface area contributed by atoms with Gasteiger partial charge in [0, 0.05) is 35.6 Å². The third kappa shape index (κ3) is 3.66. The molecule has 3 aromatic rings. The van der Waals surface area contributed by atoms with Crippen LogP contribution < -0.4 is 16.0 Å². The molecule has 0 fully saturated rings. The molecule has 0 atom stereocenters. The normalized spacial score (nSPS) is 16.6. The van der Waals surface area contributed by atoms with E-state index in [9.17, 15) is 0 Å². The van der Waals surface area contributed by atoms with Crippen molar-refractivity contribution >= 4 is 34.7 Å². The van der Waals surface area contributed by atoms with Gasteiger partial charge in [0.1, 0.15) is 11.7 Å². The number of rotatable bonds is 5. The lowest BCUT2D eigenvalue weighted by Crippen LogP contribution is -2.19. The number of benzene rings is 3. The van der Waals surface area contributed by atoms with E-state index in [1.54, 1.807) is 0 Å². The summed E-state index contributed by atoms with van der Waals surface area (Å²) in [5.74, 6) is 2.02. The van der Waals surface area contributed by atoms with E-state index >= 15 is 0 Å². The number of nitrogens with zero attached hydrogens (tertiary/aromatic N) is 2. The highest BCUT2D eigenvalue weighted by Gasteiger charge is 2.17. The topological polar surface area (TPSA) is 60.8 Å². The predicted octanol–water partition coefficient (Wildman–Crippen LogP) is 4.23. The van der Waals surface area contributed by atoms with Crippen LogP contribution in [0.25, 0.3) is 11.6 Å². The molecule has 0 saturated heterocycles. The predicted molar refractivity (Wildman–Crippen MR) is 133 cm³/mol. The van der Waals surface area contributed by atoms with Crippen molar-refractivity contribution in [1.82, 2.24) is 10.6 Å². The summed E-state index contributed by atoms with van der Waals surface area (Å²) in [6, 6.07) is 23.8. The highest BCUT2D eigenvalue weighted by molar-refractivity contribution is 6.01. The van der Waals surface area contributed by atoms with Gasteiger partial charge in [0.2, 0.25) is 0 Å². The monoisotopic (exact) mass is 419 g/mol. The Morgan fingerprint density at radius 2 is 1.25 bits per heavy atom. The Morgan fingerprint density at radius 1 is 0.656 bits per heavy atom. The zero-order valence-electron chi connectivity index (χ0n) is 17.9. The maximum atomic E-state index is 4.55. The van der Waals surface area contributed by atoms with Gasteiger partial charge in [-0.1, -0.05) is 30.3 Å². The van der Waals surface area contributed by atoms with E-state index in [-0.39, 0.29) is 0 Å². The van der Waals surface area contributed by atoms with Crippen molar-refractivity contribution in [3.63, 3.8) is 0 Å². The second kappa shape index (κ2) is 8.00. The Balaban J connectivity index is 1.14. The van der Waals surface area contributed by atoms with Gasteiger partial charge in [-0.3, -0.25) is 9.98 Å².